The summed E-state index contributed by atoms with van der Waals surface area (Å²) in [5, 5.41) is 6.84. The minimum absolute atomic E-state index is 0.287. The fraction of sp³-hybridized carbons (Fsp3) is 0.933. The van der Waals surface area contributed by atoms with Gasteiger partial charge in [0.1, 0.15) is 0 Å². The van der Waals surface area contributed by atoms with Gasteiger partial charge < -0.3 is 15.4 Å². The smallest absolute Gasteiger partial charge is 0.191 e. The molecule has 0 aromatic heterocycles. The molecule has 5 heteroatoms. The molecule has 0 unspecified atom stereocenters. The molecule has 0 spiro atoms. The Hall–Kier alpha value is -0.420. The molecule has 0 bridgehead atoms. The van der Waals surface area contributed by atoms with E-state index in [2.05, 4.69) is 36.2 Å². The third-order valence-corrected chi connectivity index (χ3v) is 5.42. The number of hydrogen-bond acceptors (Lipinski definition) is 3. The van der Waals surface area contributed by atoms with Crippen LogP contribution in [0.25, 0.3) is 0 Å². The minimum Gasteiger partial charge on any atom is -0.381 e. The summed E-state index contributed by atoms with van der Waals surface area (Å²) in [6.07, 6.45) is 4.99. The van der Waals surface area contributed by atoms with Crippen LogP contribution in [0.5, 0.6) is 0 Å². The summed E-state index contributed by atoms with van der Waals surface area (Å²) in [4.78, 5) is 4.85. The van der Waals surface area contributed by atoms with E-state index in [4.69, 9.17) is 9.73 Å². The Bertz CT molecular complexity index is 307. The molecule has 2 aliphatic rings. The van der Waals surface area contributed by atoms with Gasteiger partial charge in [0.15, 0.2) is 5.96 Å². The molecule has 1 aliphatic heterocycles. The molecule has 0 aromatic rings. The van der Waals surface area contributed by atoms with Crippen LogP contribution in [-0.4, -0.2) is 49.3 Å². The normalized spacial score (nSPS) is 22.6. The van der Waals surface area contributed by atoms with Crippen molar-refractivity contribution in [3.8, 4) is 0 Å². The molecule has 116 valence electrons. The van der Waals surface area contributed by atoms with E-state index in [1.54, 1.807) is 0 Å². The standard InChI is InChI=1S/C15H29N3OS/c1-3-16-14(17-11-13-5-6-13)18-12-15(20-4-2)7-9-19-10-8-15/h13H,3-12H2,1-2H3,(H2,16,17,18). The van der Waals surface area contributed by atoms with Crippen molar-refractivity contribution in [3.63, 3.8) is 0 Å². The largest absolute Gasteiger partial charge is 0.381 e. The second kappa shape index (κ2) is 8.13. The van der Waals surface area contributed by atoms with Crippen molar-refractivity contribution < 1.29 is 4.74 Å². The molecule has 1 aliphatic carbocycles. The molecule has 0 aromatic carbocycles. The highest BCUT2D eigenvalue weighted by atomic mass is 32.2. The second-order valence-electron chi connectivity index (χ2n) is 5.75. The van der Waals surface area contributed by atoms with Crippen LogP contribution < -0.4 is 10.6 Å². The second-order valence-corrected chi connectivity index (χ2v) is 7.48. The Kier molecular flexibility index (Phi) is 6.49. The summed E-state index contributed by atoms with van der Waals surface area (Å²) in [5.74, 6) is 3.02. The van der Waals surface area contributed by atoms with Crippen molar-refractivity contribution in [1.29, 1.82) is 0 Å². The average Bonchev–Trinajstić information content (AvgIpc) is 3.28. The highest BCUT2D eigenvalue weighted by molar-refractivity contribution is 8.00. The van der Waals surface area contributed by atoms with Gasteiger partial charge in [-0.05, 0) is 44.3 Å². The van der Waals surface area contributed by atoms with Crippen LogP contribution in [0.1, 0.15) is 39.5 Å². The SMILES string of the molecule is CCNC(=NCC1(SCC)CCOCC1)NCC1CC1. The van der Waals surface area contributed by atoms with Crippen LogP contribution in [0.2, 0.25) is 0 Å². The van der Waals surface area contributed by atoms with E-state index in [1.165, 1.54) is 12.8 Å². The lowest BCUT2D eigenvalue weighted by Gasteiger charge is -2.35. The molecule has 0 radical (unpaired) electrons. The van der Waals surface area contributed by atoms with Crippen molar-refractivity contribution in [1.82, 2.24) is 10.6 Å². The molecule has 0 amide bonds. The maximum absolute atomic E-state index is 5.52. The lowest BCUT2D eigenvalue weighted by atomic mass is 9.99. The number of aliphatic imine (C=N–C) groups is 1. The Morgan fingerprint density at radius 3 is 2.60 bits per heavy atom. The Balaban J connectivity index is 1.89. The molecule has 1 saturated carbocycles. The minimum atomic E-state index is 0.287. The highest BCUT2D eigenvalue weighted by Gasteiger charge is 2.32. The number of hydrogen-bond donors (Lipinski definition) is 2. The zero-order chi connectivity index (χ0) is 14.3. The Morgan fingerprint density at radius 1 is 1.25 bits per heavy atom. The molecule has 1 saturated heterocycles. The first-order valence-corrected chi connectivity index (χ1v) is 9.00. The average molecular weight is 299 g/mol. The van der Waals surface area contributed by atoms with E-state index in [9.17, 15) is 0 Å². The van der Waals surface area contributed by atoms with Gasteiger partial charge in [-0.2, -0.15) is 11.8 Å². The van der Waals surface area contributed by atoms with E-state index in [-0.39, 0.29) is 4.75 Å². The van der Waals surface area contributed by atoms with Crippen molar-refractivity contribution >= 4 is 17.7 Å². The predicted molar refractivity (Wildman–Crippen MR) is 87.6 cm³/mol. The number of nitrogens with zero attached hydrogens (tertiary/aromatic N) is 1. The van der Waals surface area contributed by atoms with Crippen LogP contribution in [0.15, 0.2) is 4.99 Å². The van der Waals surface area contributed by atoms with E-state index >= 15 is 0 Å². The molecule has 20 heavy (non-hydrogen) atoms. The van der Waals surface area contributed by atoms with E-state index < -0.39 is 0 Å². The molecule has 2 rings (SSSR count). The van der Waals surface area contributed by atoms with Gasteiger partial charge in [-0.3, -0.25) is 4.99 Å². The highest BCUT2D eigenvalue weighted by Crippen LogP contribution is 2.35. The van der Waals surface area contributed by atoms with Gasteiger partial charge in [0, 0.05) is 31.1 Å². The van der Waals surface area contributed by atoms with Gasteiger partial charge in [0.25, 0.3) is 0 Å². The Labute approximate surface area is 127 Å². The number of nitrogens with one attached hydrogen (secondary N) is 2. The maximum Gasteiger partial charge on any atom is 0.191 e. The quantitative estimate of drug-likeness (QED) is 0.559. The summed E-state index contributed by atoms with van der Waals surface area (Å²) in [7, 11) is 0. The molecular formula is C15H29N3OS. The van der Waals surface area contributed by atoms with Gasteiger partial charge in [-0.1, -0.05) is 6.92 Å². The van der Waals surface area contributed by atoms with Crippen LogP contribution in [0.4, 0.5) is 0 Å². The first-order valence-electron chi connectivity index (χ1n) is 8.02. The topological polar surface area (TPSA) is 45.7 Å². The first kappa shape index (κ1) is 16.0. The van der Waals surface area contributed by atoms with Crippen LogP contribution in [0.3, 0.4) is 0 Å². The van der Waals surface area contributed by atoms with E-state index in [1.807, 2.05) is 0 Å². The number of ether oxygens (including phenoxy) is 1. The van der Waals surface area contributed by atoms with Crippen LogP contribution in [0, 0.1) is 5.92 Å². The summed E-state index contributed by atoms with van der Waals surface area (Å²) in [6.45, 7) is 9.02. The third kappa shape index (κ3) is 5.17. The number of rotatable bonds is 7. The van der Waals surface area contributed by atoms with Gasteiger partial charge in [-0.25, -0.2) is 0 Å². The molecule has 2 fully saturated rings. The van der Waals surface area contributed by atoms with Gasteiger partial charge >= 0.3 is 0 Å². The van der Waals surface area contributed by atoms with E-state index in [0.29, 0.717) is 0 Å². The first-order chi connectivity index (χ1) is 9.78. The lowest BCUT2D eigenvalue weighted by molar-refractivity contribution is 0.0793. The number of thioether (sulfide) groups is 1. The summed E-state index contributed by atoms with van der Waals surface area (Å²) in [5.41, 5.74) is 0. The van der Waals surface area contributed by atoms with Gasteiger partial charge in [0.2, 0.25) is 0 Å². The van der Waals surface area contributed by atoms with Crippen molar-refractivity contribution in [2.45, 2.75) is 44.3 Å². The van der Waals surface area contributed by atoms with Gasteiger partial charge in [0.05, 0.1) is 6.54 Å². The van der Waals surface area contributed by atoms with Crippen molar-refractivity contribution in [2.75, 3.05) is 38.6 Å². The van der Waals surface area contributed by atoms with Crippen molar-refractivity contribution in [3.05, 3.63) is 0 Å². The van der Waals surface area contributed by atoms with Gasteiger partial charge in [-0.15, -0.1) is 0 Å². The monoisotopic (exact) mass is 299 g/mol. The lowest BCUT2D eigenvalue weighted by Crippen LogP contribution is -2.41. The van der Waals surface area contributed by atoms with Crippen LogP contribution >= 0.6 is 11.8 Å². The predicted octanol–water partition coefficient (Wildman–Crippen LogP) is 2.25. The summed E-state index contributed by atoms with van der Waals surface area (Å²) < 4.78 is 5.81. The number of guanidine groups is 1. The van der Waals surface area contributed by atoms with Crippen molar-refractivity contribution in [2.24, 2.45) is 10.9 Å². The zero-order valence-electron chi connectivity index (χ0n) is 12.9. The zero-order valence-corrected chi connectivity index (χ0v) is 13.7. The van der Waals surface area contributed by atoms with Crippen LogP contribution in [-0.2, 0) is 4.74 Å². The summed E-state index contributed by atoms with van der Waals surface area (Å²) >= 11 is 2.05. The third-order valence-electron chi connectivity index (χ3n) is 3.98. The van der Waals surface area contributed by atoms with E-state index in [0.717, 1.165) is 63.3 Å². The molecule has 0 atom stereocenters. The summed E-state index contributed by atoms with van der Waals surface area (Å²) in [6, 6.07) is 0. The Morgan fingerprint density at radius 2 is 2.00 bits per heavy atom. The molecular weight excluding hydrogens is 270 g/mol. The fourth-order valence-electron chi connectivity index (χ4n) is 2.53. The fourth-order valence-corrected chi connectivity index (χ4v) is 3.75. The molecule has 4 nitrogen and oxygen atoms in total. The molecule has 1 heterocycles. The maximum atomic E-state index is 5.52. The molecule has 2 N–H and O–H groups in total.